The van der Waals surface area contributed by atoms with Gasteiger partial charge in [0, 0.05) is 12.3 Å². The molecule has 1 fully saturated rings. The van der Waals surface area contributed by atoms with Gasteiger partial charge in [-0.15, -0.1) is 0 Å². The van der Waals surface area contributed by atoms with Crippen molar-refractivity contribution < 1.29 is 8.42 Å². The van der Waals surface area contributed by atoms with E-state index in [0.717, 1.165) is 32.4 Å². The maximum absolute atomic E-state index is 11.8. The molecule has 4 heteroatoms. The van der Waals surface area contributed by atoms with Gasteiger partial charge in [0.2, 0.25) is 0 Å². The Morgan fingerprint density at radius 1 is 1.06 bits per heavy atom. The van der Waals surface area contributed by atoms with Gasteiger partial charge < -0.3 is 5.32 Å². The molecule has 18 heavy (non-hydrogen) atoms. The fourth-order valence-corrected chi connectivity index (χ4v) is 4.53. The summed E-state index contributed by atoms with van der Waals surface area (Å²) in [7, 11) is -2.82. The van der Waals surface area contributed by atoms with Gasteiger partial charge in [-0.3, -0.25) is 0 Å². The Morgan fingerprint density at radius 2 is 1.72 bits per heavy atom. The summed E-state index contributed by atoms with van der Waals surface area (Å²) in [6, 6.07) is 0. The van der Waals surface area contributed by atoms with Gasteiger partial charge in [0.25, 0.3) is 0 Å². The summed E-state index contributed by atoms with van der Waals surface area (Å²) in [5.41, 5.74) is 0.260. The topological polar surface area (TPSA) is 46.2 Å². The minimum atomic E-state index is -2.82. The number of hydrogen-bond acceptors (Lipinski definition) is 3. The molecular weight excluding hydrogens is 246 g/mol. The Labute approximate surface area is 113 Å². The van der Waals surface area contributed by atoms with Gasteiger partial charge in [-0.2, -0.15) is 0 Å². The summed E-state index contributed by atoms with van der Waals surface area (Å²) in [6.07, 6.45) is 7.67. The molecule has 0 aromatic rings. The van der Waals surface area contributed by atoms with Crippen LogP contribution >= 0.6 is 0 Å². The zero-order chi connectivity index (χ0) is 13.5. The monoisotopic (exact) mass is 275 g/mol. The van der Waals surface area contributed by atoms with E-state index < -0.39 is 9.84 Å². The second kappa shape index (κ2) is 7.49. The highest BCUT2D eigenvalue weighted by molar-refractivity contribution is 7.91. The summed E-state index contributed by atoms with van der Waals surface area (Å²) >= 11 is 0. The smallest absolute Gasteiger partial charge is 0.150 e. The fourth-order valence-electron chi connectivity index (χ4n) is 2.96. The highest BCUT2D eigenvalue weighted by Gasteiger charge is 2.34. The number of rotatable bonds is 9. The normalized spacial score (nSPS) is 19.2. The zero-order valence-corrected chi connectivity index (χ0v) is 12.8. The number of nitrogens with one attached hydrogen (secondary N) is 1. The van der Waals surface area contributed by atoms with Crippen LogP contribution in [0.4, 0.5) is 0 Å². The molecule has 0 atom stereocenters. The quantitative estimate of drug-likeness (QED) is 0.658. The van der Waals surface area contributed by atoms with Gasteiger partial charge >= 0.3 is 0 Å². The minimum Gasteiger partial charge on any atom is -0.316 e. The van der Waals surface area contributed by atoms with E-state index in [0.29, 0.717) is 11.5 Å². The van der Waals surface area contributed by atoms with Crippen molar-refractivity contribution >= 4 is 9.84 Å². The predicted molar refractivity (Wildman–Crippen MR) is 77.6 cm³/mol. The largest absolute Gasteiger partial charge is 0.316 e. The first-order valence-corrected chi connectivity index (χ1v) is 9.27. The SMILES string of the molecule is CCCNCC1(CCS(=O)(=O)CCC)CCCC1. The fraction of sp³-hybridized carbons (Fsp3) is 1.00. The first-order chi connectivity index (χ1) is 8.54. The van der Waals surface area contributed by atoms with E-state index >= 15 is 0 Å². The van der Waals surface area contributed by atoms with Crippen molar-refractivity contribution in [1.82, 2.24) is 5.32 Å². The molecule has 1 N–H and O–H groups in total. The van der Waals surface area contributed by atoms with E-state index in [2.05, 4.69) is 12.2 Å². The van der Waals surface area contributed by atoms with E-state index in [4.69, 9.17) is 0 Å². The van der Waals surface area contributed by atoms with Crippen LogP contribution in [0.25, 0.3) is 0 Å². The van der Waals surface area contributed by atoms with Crippen molar-refractivity contribution in [1.29, 1.82) is 0 Å². The van der Waals surface area contributed by atoms with E-state index in [1.807, 2.05) is 6.92 Å². The Balaban J connectivity index is 2.47. The van der Waals surface area contributed by atoms with Crippen molar-refractivity contribution in [3.05, 3.63) is 0 Å². The van der Waals surface area contributed by atoms with Crippen molar-refractivity contribution in [3.8, 4) is 0 Å². The van der Waals surface area contributed by atoms with E-state index in [1.165, 1.54) is 25.7 Å². The first-order valence-electron chi connectivity index (χ1n) is 7.45. The lowest BCUT2D eigenvalue weighted by atomic mass is 9.83. The van der Waals surface area contributed by atoms with Crippen LogP contribution < -0.4 is 5.32 Å². The summed E-state index contributed by atoms with van der Waals surface area (Å²) in [4.78, 5) is 0. The highest BCUT2D eigenvalue weighted by Crippen LogP contribution is 2.40. The Kier molecular flexibility index (Phi) is 6.64. The summed E-state index contributed by atoms with van der Waals surface area (Å²) in [5.74, 6) is 0.736. The van der Waals surface area contributed by atoms with Crippen LogP contribution in [0.3, 0.4) is 0 Å². The molecule has 0 spiro atoms. The van der Waals surface area contributed by atoms with E-state index in [9.17, 15) is 8.42 Å². The Bertz CT molecular complexity index is 319. The van der Waals surface area contributed by atoms with E-state index in [1.54, 1.807) is 0 Å². The van der Waals surface area contributed by atoms with Gasteiger partial charge in [0.15, 0.2) is 0 Å². The summed E-state index contributed by atoms with van der Waals surface area (Å²) in [5, 5.41) is 3.49. The molecule has 0 radical (unpaired) electrons. The van der Waals surface area contributed by atoms with Crippen molar-refractivity contribution in [2.45, 2.75) is 58.8 Å². The van der Waals surface area contributed by atoms with Crippen molar-refractivity contribution in [2.24, 2.45) is 5.41 Å². The van der Waals surface area contributed by atoms with Gasteiger partial charge in [-0.05, 0) is 44.1 Å². The van der Waals surface area contributed by atoms with Crippen LogP contribution in [0.15, 0.2) is 0 Å². The zero-order valence-electron chi connectivity index (χ0n) is 12.0. The third-order valence-electron chi connectivity index (χ3n) is 4.05. The molecule has 0 aliphatic heterocycles. The van der Waals surface area contributed by atoms with Gasteiger partial charge in [0.05, 0.1) is 5.75 Å². The Hall–Kier alpha value is -0.0900. The molecule has 0 saturated heterocycles. The molecule has 0 unspecified atom stereocenters. The lowest BCUT2D eigenvalue weighted by molar-refractivity contribution is 0.270. The molecule has 0 bridgehead atoms. The molecule has 1 saturated carbocycles. The van der Waals surface area contributed by atoms with Gasteiger partial charge in [-0.1, -0.05) is 26.7 Å². The third kappa shape index (κ3) is 5.27. The van der Waals surface area contributed by atoms with Crippen LogP contribution in [0.1, 0.15) is 58.8 Å². The molecule has 0 amide bonds. The summed E-state index contributed by atoms with van der Waals surface area (Å²) < 4.78 is 23.7. The Morgan fingerprint density at radius 3 is 2.28 bits per heavy atom. The van der Waals surface area contributed by atoms with Crippen LogP contribution in [-0.2, 0) is 9.84 Å². The standard InChI is InChI=1S/C14H29NO2S/c1-3-10-15-13-14(7-5-6-8-14)9-12-18(16,17)11-4-2/h15H,3-13H2,1-2H3. The number of sulfone groups is 1. The maximum atomic E-state index is 11.8. The number of hydrogen-bond donors (Lipinski definition) is 1. The molecule has 0 aromatic carbocycles. The predicted octanol–water partition coefficient (Wildman–Crippen LogP) is 2.76. The lowest BCUT2D eigenvalue weighted by Gasteiger charge is -2.29. The summed E-state index contributed by atoms with van der Waals surface area (Å²) in [6.45, 7) is 6.15. The molecule has 1 rings (SSSR count). The van der Waals surface area contributed by atoms with Crippen LogP contribution in [-0.4, -0.2) is 33.0 Å². The molecule has 0 heterocycles. The second-order valence-electron chi connectivity index (χ2n) is 5.79. The second-order valence-corrected chi connectivity index (χ2v) is 8.09. The molecule has 108 valence electrons. The average molecular weight is 275 g/mol. The van der Waals surface area contributed by atoms with Crippen molar-refractivity contribution in [2.75, 3.05) is 24.6 Å². The average Bonchev–Trinajstić information content (AvgIpc) is 2.77. The third-order valence-corrected chi connectivity index (χ3v) is 5.91. The molecular formula is C14H29NO2S. The molecule has 3 nitrogen and oxygen atoms in total. The molecule has 1 aliphatic rings. The lowest BCUT2D eigenvalue weighted by Crippen LogP contribution is -2.34. The van der Waals surface area contributed by atoms with Crippen molar-refractivity contribution in [3.63, 3.8) is 0 Å². The van der Waals surface area contributed by atoms with Crippen LogP contribution in [0, 0.1) is 5.41 Å². The van der Waals surface area contributed by atoms with Crippen LogP contribution in [0.2, 0.25) is 0 Å². The maximum Gasteiger partial charge on any atom is 0.150 e. The van der Waals surface area contributed by atoms with Gasteiger partial charge in [0.1, 0.15) is 9.84 Å². The van der Waals surface area contributed by atoms with E-state index in [-0.39, 0.29) is 5.41 Å². The molecule has 1 aliphatic carbocycles. The first kappa shape index (κ1) is 16.0. The minimum absolute atomic E-state index is 0.260. The van der Waals surface area contributed by atoms with Gasteiger partial charge in [-0.25, -0.2) is 8.42 Å². The molecule has 0 aromatic heterocycles. The highest BCUT2D eigenvalue weighted by atomic mass is 32.2. The van der Waals surface area contributed by atoms with Crippen LogP contribution in [0.5, 0.6) is 0 Å².